The lowest BCUT2D eigenvalue weighted by molar-refractivity contribution is -0.275. The SMILES string of the molecule is COc1ncc(I)c(OC(F)(F)F)c1CCl. The van der Waals surface area contributed by atoms with E-state index in [0.717, 1.165) is 0 Å². The minimum Gasteiger partial charge on any atom is -0.481 e. The van der Waals surface area contributed by atoms with E-state index in [-0.39, 0.29) is 26.6 Å². The van der Waals surface area contributed by atoms with Crippen LogP contribution in [0.5, 0.6) is 11.6 Å². The Morgan fingerprint density at radius 2 is 2.12 bits per heavy atom. The van der Waals surface area contributed by atoms with Crippen molar-refractivity contribution < 1.29 is 22.6 Å². The third-order valence-electron chi connectivity index (χ3n) is 1.59. The Bertz CT molecular complexity index is 386. The van der Waals surface area contributed by atoms with E-state index in [2.05, 4.69) is 9.72 Å². The molecule has 0 radical (unpaired) electrons. The van der Waals surface area contributed by atoms with E-state index < -0.39 is 6.36 Å². The Kier molecular flexibility index (Phi) is 4.48. The van der Waals surface area contributed by atoms with Gasteiger partial charge >= 0.3 is 6.36 Å². The Labute approximate surface area is 108 Å². The molecule has 0 N–H and O–H groups in total. The molecule has 0 saturated carbocycles. The Morgan fingerprint density at radius 3 is 2.56 bits per heavy atom. The summed E-state index contributed by atoms with van der Waals surface area (Å²) in [5.74, 6) is -0.525. The molecule has 0 aliphatic carbocycles. The Morgan fingerprint density at radius 1 is 1.50 bits per heavy atom. The first-order valence-electron chi connectivity index (χ1n) is 3.92. The second-order valence-electron chi connectivity index (χ2n) is 2.60. The number of halogens is 5. The van der Waals surface area contributed by atoms with Crippen LogP contribution >= 0.6 is 34.2 Å². The van der Waals surface area contributed by atoms with Gasteiger partial charge in [-0.15, -0.1) is 24.8 Å². The van der Waals surface area contributed by atoms with Crippen LogP contribution in [0.25, 0.3) is 0 Å². The van der Waals surface area contributed by atoms with Crippen LogP contribution in [0.3, 0.4) is 0 Å². The summed E-state index contributed by atoms with van der Waals surface area (Å²) >= 11 is 7.23. The molecule has 0 saturated heterocycles. The molecule has 1 heterocycles. The van der Waals surface area contributed by atoms with Crippen molar-refractivity contribution in [3.63, 3.8) is 0 Å². The summed E-state index contributed by atoms with van der Waals surface area (Å²) in [6.07, 6.45) is -3.55. The number of ether oxygens (including phenoxy) is 2. The second-order valence-corrected chi connectivity index (χ2v) is 4.03. The van der Waals surface area contributed by atoms with E-state index in [9.17, 15) is 13.2 Å². The molecule has 0 aliphatic rings. The molecule has 0 aromatic carbocycles. The number of hydrogen-bond donors (Lipinski definition) is 0. The molecule has 1 aromatic heterocycles. The lowest BCUT2D eigenvalue weighted by atomic mass is 10.3. The van der Waals surface area contributed by atoms with Gasteiger partial charge in [-0.1, -0.05) is 0 Å². The Hall–Kier alpha value is -0.440. The Balaban J connectivity index is 3.23. The molecule has 0 aliphatic heterocycles. The standard InChI is InChI=1S/C8H6ClF3INO2/c1-15-7-4(2-9)6(5(13)3-14-7)16-8(10,11)12/h3H,2H2,1H3. The molecule has 1 aromatic rings. The molecule has 0 fully saturated rings. The van der Waals surface area contributed by atoms with Gasteiger partial charge in [-0.25, -0.2) is 4.98 Å². The van der Waals surface area contributed by atoms with Crippen molar-refractivity contribution in [3.8, 4) is 11.6 Å². The van der Waals surface area contributed by atoms with Crippen LogP contribution in [0.2, 0.25) is 0 Å². The molecule has 0 unspecified atom stereocenters. The summed E-state index contributed by atoms with van der Waals surface area (Å²) in [4.78, 5) is 3.80. The van der Waals surface area contributed by atoms with Crippen LogP contribution in [-0.4, -0.2) is 18.5 Å². The maximum absolute atomic E-state index is 12.1. The third kappa shape index (κ3) is 3.27. The molecule has 0 bridgehead atoms. The summed E-state index contributed by atoms with van der Waals surface area (Å²) in [5.41, 5.74) is 0.0772. The largest absolute Gasteiger partial charge is 0.573 e. The lowest BCUT2D eigenvalue weighted by Crippen LogP contribution is -2.19. The van der Waals surface area contributed by atoms with Crippen molar-refractivity contribution in [1.82, 2.24) is 4.98 Å². The minimum atomic E-state index is -4.77. The highest BCUT2D eigenvalue weighted by Gasteiger charge is 2.34. The fourth-order valence-electron chi connectivity index (χ4n) is 1.01. The van der Waals surface area contributed by atoms with Gasteiger partial charge in [0.1, 0.15) is 0 Å². The van der Waals surface area contributed by atoms with E-state index in [4.69, 9.17) is 16.3 Å². The smallest absolute Gasteiger partial charge is 0.481 e. The number of rotatable bonds is 3. The first-order valence-corrected chi connectivity index (χ1v) is 5.53. The third-order valence-corrected chi connectivity index (χ3v) is 2.62. The summed E-state index contributed by atoms with van der Waals surface area (Å²) in [5, 5.41) is 0. The molecule has 90 valence electrons. The molecule has 0 spiro atoms. The van der Waals surface area contributed by atoms with Crippen molar-refractivity contribution in [2.75, 3.05) is 7.11 Å². The fraction of sp³-hybridized carbons (Fsp3) is 0.375. The van der Waals surface area contributed by atoms with Gasteiger partial charge in [-0.3, -0.25) is 0 Å². The molecule has 1 rings (SSSR count). The zero-order chi connectivity index (χ0) is 12.3. The highest BCUT2D eigenvalue weighted by atomic mass is 127. The zero-order valence-corrected chi connectivity index (χ0v) is 10.9. The maximum atomic E-state index is 12.1. The van der Waals surface area contributed by atoms with Crippen molar-refractivity contribution in [3.05, 3.63) is 15.3 Å². The number of alkyl halides is 4. The molecular formula is C8H6ClF3INO2. The van der Waals surface area contributed by atoms with Crippen LogP contribution < -0.4 is 9.47 Å². The van der Waals surface area contributed by atoms with E-state index in [1.54, 1.807) is 22.6 Å². The van der Waals surface area contributed by atoms with E-state index >= 15 is 0 Å². The van der Waals surface area contributed by atoms with Crippen LogP contribution in [0.4, 0.5) is 13.2 Å². The number of aromatic nitrogens is 1. The summed E-state index contributed by atoms with van der Waals surface area (Å²) in [6, 6.07) is 0. The number of hydrogen-bond acceptors (Lipinski definition) is 3. The normalized spacial score (nSPS) is 11.4. The van der Waals surface area contributed by atoms with Gasteiger partial charge < -0.3 is 9.47 Å². The van der Waals surface area contributed by atoms with Crippen molar-refractivity contribution in [2.24, 2.45) is 0 Å². The number of pyridine rings is 1. The molecule has 0 amide bonds. The lowest BCUT2D eigenvalue weighted by Gasteiger charge is -2.15. The van der Waals surface area contributed by atoms with E-state index in [0.29, 0.717) is 0 Å². The zero-order valence-electron chi connectivity index (χ0n) is 7.94. The van der Waals surface area contributed by atoms with Crippen LogP contribution in [0.15, 0.2) is 6.20 Å². The highest BCUT2D eigenvalue weighted by Crippen LogP contribution is 2.35. The van der Waals surface area contributed by atoms with Crippen LogP contribution in [0.1, 0.15) is 5.56 Å². The summed E-state index contributed by atoms with van der Waals surface area (Å²) in [6.45, 7) is 0. The molecular weight excluding hydrogens is 361 g/mol. The van der Waals surface area contributed by atoms with Gasteiger partial charge in [0.25, 0.3) is 0 Å². The monoisotopic (exact) mass is 367 g/mol. The first-order chi connectivity index (χ1) is 7.39. The van der Waals surface area contributed by atoms with Gasteiger partial charge in [0.15, 0.2) is 5.75 Å². The topological polar surface area (TPSA) is 31.4 Å². The van der Waals surface area contributed by atoms with Gasteiger partial charge in [-0.2, -0.15) is 0 Å². The van der Waals surface area contributed by atoms with Crippen LogP contribution in [0, 0.1) is 3.57 Å². The van der Waals surface area contributed by atoms with Gasteiger partial charge in [0.05, 0.1) is 22.1 Å². The van der Waals surface area contributed by atoms with Gasteiger partial charge in [0, 0.05) is 6.20 Å². The predicted molar refractivity (Wildman–Crippen MR) is 59.7 cm³/mol. The average molecular weight is 367 g/mol. The van der Waals surface area contributed by atoms with Crippen LogP contribution in [-0.2, 0) is 5.88 Å². The maximum Gasteiger partial charge on any atom is 0.573 e. The van der Waals surface area contributed by atoms with Gasteiger partial charge in [-0.05, 0) is 22.6 Å². The summed E-state index contributed by atoms with van der Waals surface area (Å²) in [7, 11) is 1.29. The van der Waals surface area contributed by atoms with Gasteiger partial charge in [0.2, 0.25) is 5.88 Å². The first kappa shape index (κ1) is 13.6. The second kappa shape index (κ2) is 5.26. The molecule has 16 heavy (non-hydrogen) atoms. The quantitative estimate of drug-likeness (QED) is 0.607. The van der Waals surface area contributed by atoms with Crippen molar-refractivity contribution in [1.29, 1.82) is 0 Å². The fourth-order valence-corrected chi connectivity index (χ4v) is 1.82. The highest BCUT2D eigenvalue weighted by molar-refractivity contribution is 14.1. The number of nitrogens with zero attached hydrogens (tertiary/aromatic N) is 1. The predicted octanol–water partition coefficient (Wildman–Crippen LogP) is 3.33. The van der Waals surface area contributed by atoms with Crippen molar-refractivity contribution >= 4 is 34.2 Å². The van der Waals surface area contributed by atoms with E-state index in [1.165, 1.54) is 13.3 Å². The number of methoxy groups -OCH3 is 1. The average Bonchev–Trinajstić information content (AvgIpc) is 2.19. The molecule has 0 atom stereocenters. The summed E-state index contributed by atoms with van der Waals surface area (Å²) < 4.78 is 45.3. The molecule has 8 heteroatoms. The minimum absolute atomic E-state index is 0.0228. The van der Waals surface area contributed by atoms with Crippen molar-refractivity contribution in [2.45, 2.75) is 12.2 Å². The molecule has 3 nitrogen and oxygen atoms in total. The van der Waals surface area contributed by atoms with E-state index in [1.807, 2.05) is 0 Å².